The molecule has 0 aromatic carbocycles. The van der Waals surface area contributed by atoms with Crippen molar-refractivity contribution in [1.29, 1.82) is 0 Å². The monoisotopic (exact) mass is 304 g/mol. The topological polar surface area (TPSA) is 9.23 Å². The van der Waals surface area contributed by atoms with Crippen LogP contribution in [0.15, 0.2) is 0 Å². The highest BCUT2D eigenvalue weighted by molar-refractivity contribution is 9.09. The summed E-state index contributed by atoms with van der Waals surface area (Å²) in [7, 11) is -1.52. The molecule has 0 N–H and O–H groups in total. The lowest BCUT2D eigenvalue weighted by Crippen LogP contribution is -2.55. The van der Waals surface area contributed by atoms with Gasteiger partial charge in [0.1, 0.15) is 0 Å². The van der Waals surface area contributed by atoms with E-state index in [0.717, 1.165) is 4.83 Å². The van der Waals surface area contributed by atoms with Crippen molar-refractivity contribution in [3.8, 4) is 0 Å². The predicted molar refractivity (Wildman–Crippen MR) is 75.7 cm³/mol. The van der Waals surface area contributed by atoms with Crippen LogP contribution in [0.2, 0.25) is 18.1 Å². The summed E-state index contributed by atoms with van der Waals surface area (Å²) in [6.07, 6.45) is 5.97. The molecule has 2 aliphatic carbocycles. The fraction of sp³-hybridized carbons (Fsp3) is 1.00. The van der Waals surface area contributed by atoms with Crippen molar-refractivity contribution in [1.82, 2.24) is 0 Å². The van der Waals surface area contributed by atoms with Crippen LogP contribution in [0, 0.1) is 5.41 Å². The quantitative estimate of drug-likeness (QED) is 0.530. The minimum atomic E-state index is -1.52. The van der Waals surface area contributed by atoms with Gasteiger partial charge in [-0.15, -0.1) is 0 Å². The lowest BCUT2D eigenvalue weighted by atomic mass is 9.55. The molecule has 0 heterocycles. The Hall–Kier alpha value is 0.657. The SMILES string of the molecule is CC(C)(C)[Si](C)(C)OC1CC2(CC(Br)C2)C1. The summed E-state index contributed by atoms with van der Waals surface area (Å²) in [5.74, 6) is 0. The van der Waals surface area contributed by atoms with Crippen LogP contribution in [0.3, 0.4) is 0 Å². The van der Waals surface area contributed by atoms with Gasteiger partial charge in [0.05, 0.1) is 0 Å². The van der Waals surface area contributed by atoms with E-state index in [-0.39, 0.29) is 0 Å². The van der Waals surface area contributed by atoms with Crippen LogP contribution in [0.25, 0.3) is 0 Å². The molecule has 0 unspecified atom stereocenters. The third-order valence-electron chi connectivity index (χ3n) is 4.90. The van der Waals surface area contributed by atoms with Crippen LogP contribution in [0.1, 0.15) is 46.5 Å². The molecule has 0 saturated heterocycles. The van der Waals surface area contributed by atoms with Gasteiger partial charge in [-0.2, -0.15) is 0 Å². The molecule has 0 aromatic rings. The summed E-state index contributed by atoms with van der Waals surface area (Å²) in [5, 5.41) is 0.354. The average molecular weight is 305 g/mol. The summed E-state index contributed by atoms with van der Waals surface area (Å²) < 4.78 is 6.43. The van der Waals surface area contributed by atoms with Gasteiger partial charge in [0, 0.05) is 10.9 Å². The van der Waals surface area contributed by atoms with Gasteiger partial charge in [-0.1, -0.05) is 36.7 Å². The van der Waals surface area contributed by atoms with Crippen LogP contribution in [-0.2, 0) is 4.43 Å². The highest BCUT2D eigenvalue weighted by Gasteiger charge is 2.54. The zero-order valence-corrected chi connectivity index (χ0v) is 13.9. The first-order valence-electron chi connectivity index (χ1n) is 6.46. The van der Waals surface area contributed by atoms with Crippen molar-refractivity contribution < 1.29 is 4.43 Å². The standard InChI is InChI=1S/C13H25BrOSi/c1-12(2,3)16(4,5)15-11-8-13(9-11)6-10(14)7-13/h10-11H,6-9H2,1-5H3. The molecule has 2 saturated carbocycles. The van der Waals surface area contributed by atoms with E-state index in [1.807, 2.05) is 0 Å². The van der Waals surface area contributed by atoms with E-state index in [0.29, 0.717) is 16.6 Å². The van der Waals surface area contributed by atoms with Crippen LogP contribution < -0.4 is 0 Å². The normalized spacial score (nSPS) is 39.4. The molecule has 16 heavy (non-hydrogen) atoms. The zero-order valence-electron chi connectivity index (χ0n) is 11.3. The van der Waals surface area contributed by atoms with Gasteiger partial charge in [-0.05, 0) is 49.2 Å². The van der Waals surface area contributed by atoms with Crippen molar-refractivity contribution >= 4 is 24.2 Å². The number of hydrogen-bond acceptors (Lipinski definition) is 1. The summed E-state index contributed by atoms with van der Waals surface area (Å²) in [6, 6.07) is 0. The Kier molecular flexibility index (Phi) is 3.13. The second-order valence-electron chi connectivity index (χ2n) is 7.41. The molecule has 2 fully saturated rings. The smallest absolute Gasteiger partial charge is 0.192 e. The maximum absolute atomic E-state index is 6.43. The van der Waals surface area contributed by atoms with Gasteiger partial charge in [-0.25, -0.2) is 0 Å². The van der Waals surface area contributed by atoms with Crippen molar-refractivity contribution in [2.45, 2.75) is 75.5 Å². The first kappa shape index (κ1) is 13.1. The average Bonchev–Trinajstić information content (AvgIpc) is 1.94. The molecule has 0 amide bonds. The van der Waals surface area contributed by atoms with Crippen LogP contribution in [0.4, 0.5) is 0 Å². The largest absolute Gasteiger partial charge is 0.414 e. The molecule has 0 radical (unpaired) electrons. The molecule has 94 valence electrons. The Labute approximate surface area is 110 Å². The van der Waals surface area contributed by atoms with Crippen molar-refractivity contribution in [2.75, 3.05) is 0 Å². The minimum Gasteiger partial charge on any atom is -0.414 e. The Morgan fingerprint density at radius 1 is 1.12 bits per heavy atom. The molecule has 0 atom stereocenters. The second-order valence-corrected chi connectivity index (χ2v) is 13.5. The van der Waals surface area contributed by atoms with E-state index in [9.17, 15) is 0 Å². The number of hydrogen-bond donors (Lipinski definition) is 0. The number of halogens is 1. The minimum absolute atomic E-state index is 0.354. The predicted octanol–water partition coefficient (Wildman–Crippen LogP) is 4.71. The fourth-order valence-corrected chi connectivity index (χ4v) is 5.52. The molecule has 0 bridgehead atoms. The molecule has 1 spiro atoms. The van der Waals surface area contributed by atoms with Crippen LogP contribution in [0.5, 0.6) is 0 Å². The summed E-state index contributed by atoms with van der Waals surface area (Å²) in [5.41, 5.74) is 0.682. The van der Waals surface area contributed by atoms with Gasteiger partial charge in [-0.3, -0.25) is 0 Å². The number of rotatable bonds is 2. The van der Waals surface area contributed by atoms with Crippen molar-refractivity contribution in [3.63, 3.8) is 0 Å². The van der Waals surface area contributed by atoms with Crippen molar-refractivity contribution in [3.05, 3.63) is 0 Å². The van der Waals surface area contributed by atoms with Gasteiger partial charge >= 0.3 is 0 Å². The lowest BCUT2D eigenvalue weighted by molar-refractivity contribution is -0.0691. The molecule has 1 nitrogen and oxygen atoms in total. The van der Waals surface area contributed by atoms with Gasteiger partial charge in [0.25, 0.3) is 0 Å². The maximum atomic E-state index is 6.43. The lowest BCUT2D eigenvalue weighted by Gasteiger charge is -2.58. The number of alkyl halides is 1. The van der Waals surface area contributed by atoms with Gasteiger partial charge < -0.3 is 4.43 Å². The Morgan fingerprint density at radius 3 is 2.00 bits per heavy atom. The summed E-state index contributed by atoms with van der Waals surface area (Å²) in [6.45, 7) is 11.7. The molecule has 2 aliphatic rings. The van der Waals surface area contributed by atoms with E-state index in [2.05, 4.69) is 49.8 Å². The first-order valence-corrected chi connectivity index (χ1v) is 10.3. The van der Waals surface area contributed by atoms with E-state index in [4.69, 9.17) is 4.43 Å². The third kappa shape index (κ3) is 2.28. The Bertz CT molecular complexity index is 268. The molecular weight excluding hydrogens is 280 g/mol. The van der Waals surface area contributed by atoms with Gasteiger partial charge in [0.15, 0.2) is 8.32 Å². The zero-order chi connectivity index (χ0) is 12.2. The highest BCUT2D eigenvalue weighted by Crippen LogP contribution is 2.59. The van der Waals surface area contributed by atoms with E-state index < -0.39 is 8.32 Å². The third-order valence-corrected chi connectivity index (χ3v) is 10.1. The van der Waals surface area contributed by atoms with E-state index >= 15 is 0 Å². The molecule has 2 rings (SSSR count). The molecule has 3 heteroatoms. The van der Waals surface area contributed by atoms with Crippen LogP contribution in [-0.4, -0.2) is 19.2 Å². The maximum Gasteiger partial charge on any atom is 0.192 e. The molecular formula is C13H25BrOSi. The van der Waals surface area contributed by atoms with E-state index in [1.54, 1.807) is 0 Å². The summed E-state index contributed by atoms with van der Waals surface area (Å²) >= 11 is 3.69. The Balaban J connectivity index is 1.81. The molecule has 0 aliphatic heterocycles. The first-order chi connectivity index (χ1) is 7.14. The fourth-order valence-electron chi connectivity index (χ4n) is 2.80. The van der Waals surface area contributed by atoms with Gasteiger partial charge in [0.2, 0.25) is 0 Å². The second kappa shape index (κ2) is 3.82. The van der Waals surface area contributed by atoms with Crippen molar-refractivity contribution in [2.24, 2.45) is 5.41 Å². The summed E-state index contributed by atoms with van der Waals surface area (Å²) in [4.78, 5) is 0.793. The Morgan fingerprint density at radius 2 is 1.62 bits per heavy atom. The van der Waals surface area contributed by atoms with Crippen LogP contribution >= 0.6 is 15.9 Å². The molecule has 0 aromatic heterocycles. The van der Waals surface area contributed by atoms with E-state index in [1.165, 1.54) is 25.7 Å². The highest BCUT2D eigenvalue weighted by atomic mass is 79.9.